The van der Waals surface area contributed by atoms with Gasteiger partial charge in [0.2, 0.25) is 0 Å². The number of piperazine rings is 1. The lowest BCUT2D eigenvalue weighted by atomic mass is 10.1. The van der Waals surface area contributed by atoms with Gasteiger partial charge in [0.1, 0.15) is 5.82 Å². The Morgan fingerprint density at radius 2 is 2.10 bits per heavy atom. The zero-order chi connectivity index (χ0) is 15.2. The lowest BCUT2D eigenvalue weighted by Crippen LogP contribution is -2.51. The van der Waals surface area contributed by atoms with Gasteiger partial charge in [-0.05, 0) is 44.1 Å². The molecule has 1 aliphatic rings. The molecule has 1 heterocycles. The molecule has 1 aromatic carbocycles. The minimum absolute atomic E-state index is 0.0924. The molecule has 1 aliphatic heterocycles. The number of hydrogen-bond acceptors (Lipinski definition) is 3. The van der Waals surface area contributed by atoms with Crippen molar-refractivity contribution in [3.8, 4) is 0 Å². The highest BCUT2D eigenvalue weighted by molar-refractivity contribution is 5.50. The third kappa shape index (κ3) is 4.17. The van der Waals surface area contributed by atoms with E-state index in [4.69, 9.17) is 0 Å². The second kappa shape index (κ2) is 7.76. The van der Waals surface area contributed by atoms with Crippen molar-refractivity contribution in [3.63, 3.8) is 0 Å². The van der Waals surface area contributed by atoms with Crippen molar-refractivity contribution in [1.29, 1.82) is 0 Å². The van der Waals surface area contributed by atoms with Gasteiger partial charge in [-0.15, -0.1) is 0 Å². The predicted molar refractivity (Wildman–Crippen MR) is 87.3 cm³/mol. The first-order valence-corrected chi connectivity index (χ1v) is 8.10. The molecule has 1 N–H and O–H groups in total. The van der Waals surface area contributed by atoms with E-state index in [1.807, 2.05) is 12.1 Å². The monoisotopic (exact) mass is 293 g/mol. The molecule has 0 aromatic heterocycles. The molecule has 118 valence electrons. The van der Waals surface area contributed by atoms with Crippen molar-refractivity contribution in [1.82, 2.24) is 10.2 Å². The highest BCUT2D eigenvalue weighted by Crippen LogP contribution is 2.24. The molecule has 0 aliphatic carbocycles. The Morgan fingerprint density at radius 3 is 2.76 bits per heavy atom. The van der Waals surface area contributed by atoms with Gasteiger partial charge in [0, 0.05) is 32.2 Å². The summed E-state index contributed by atoms with van der Waals surface area (Å²) in [7, 11) is 2.16. The Bertz CT molecular complexity index is 450. The second-order valence-corrected chi connectivity index (χ2v) is 5.95. The van der Waals surface area contributed by atoms with E-state index in [0.29, 0.717) is 6.04 Å². The molecule has 21 heavy (non-hydrogen) atoms. The number of benzene rings is 1. The smallest absolute Gasteiger partial charge is 0.146 e. The summed E-state index contributed by atoms with van der Waals surface area (Å²) in [5, 5.41) is 3.31. The fourth-order valence-electron chi connectivity index (χ4n) is 2.93. The quantitative estimate of drug-likeness (QED) is 0.814. The predicted octanol–water partition coefficient (Wildman–Crippen LogP) is 2.86. The lowest BCUT2D eigenvalue weighted by Gasteiger charge is -2.40. The third-order valence-electron chi connectivity index (χ3n) is 4.36. The number of anilines is 1. The summed E-state index contributed by atoms with van der Waals surface area (Å²) < 4.78 is 14.4. The number of rotatable bonds is 6. The normalized spacial score (nSPS) is 20.0. The zero-order valence-corrected chi connectivity index (χ0v) is 13.5. The fourth-order valence-corrected chi connectivity index (χ4v) is 2.93. The topological polar surface area (TPSA) is 18.5 Å². The van der Waals surface area contributed by atoms with Gasteiger partial charge in [0.05, 0.1) is 5.69 Å². The van der Waals surface area contributed by atoms with Crippen molar-refractivity contribution in [3.05, 3.63) is 29.6 Å². The number of likely N-dealkylation sites (N-methyl/N-ethyl adjacent to an activating group) is 1. The van der Waals surface area contributed by atoms with Crippen LogP contribution in [0.5, 0.6) is 0 Å². The van der Waals surface area contributed by atoms with Gasteiger partial charge in [0.15, 0.2) is 0 Å². The molecule has 0 spiro atoms. The molecule has 3 nitrogen and oxygen atoms in total. The Balaban J connectivity index is 2.03. The average molecular weight is 293 g/mol. The van der Waals surface area contributed by atoms with Crippen LogP contribution in [0.1, 0.15) is 32.3 Å². The molecule has 1 aromatic rings. The van der Waals surface area contributed by atoms with Crippen LogP contribution in [-0.4, -0.2) is 44.2 Å². The first-order chi connectivity index (χ1) is 10.2. The molecule has 1 fully saturated rings. The van der Waals surface area contributed by atoms with Crippen molar-refractivity contribution in [2.75, 3.05) is 38.1 Å². The minimum Gasteiger partial charge on any atom is -0.366 e. The number of halogens is 1. The Morgan fingerprint density at radius 1 is 1.29 bits per heavy atom. The highest BCUT2D eigenvalue weighted by atomic mass is 19.1. The fraction of sp³-hybridized carbons (Fsp3) is 0.647. The number of hydrogen-bond donors (Lipinski definition) is 1. The standard InChI is InChI=1S/C17H28FN3/c1-4-8-19-12-14-6-7-17(16(18)11-14)21-10-9-20(3)15(5-2)13-21/h6-7,11,15,19H,4-5,8-10,12-13H2,1-3H3. The Hall–Kier alpha value is -1.13. The molecule has 2 rings (SSSR count). The van der Waals surface area contributed by atoms with Gasteiger partial charge in [0.25, 0.3) is 0 Å². The molecule has 0 bridgehead atoms. The second-order valence-electron chi connectivity index (χ2n) is 5.95. The van der Waals surface area contributed by atoms with Gasteiger partial charge in [-0.3, -0.25) is 4.90 Å². The summed E-state index contributed by atoms with van der Waals surface area (Å²) in [5.41, 5.74) is 1.77. The maximum atomic E-state index is 14.4. The van der Waals surface area contributed by atoms with E-state index in [0.717, 1.165) is 56.8 Å². The van der Waals surface area contributed by atoms with E-state index < -0.39 is 0 Å². The van der Waals surface area contributed by atoms with Crippen molar-refractivity contribution in [2.45, 2.75) is 39.3 Å². The van der Waals surface area contributed by atoms with E-state index in [-0.39, 0.29) is 5.82 Å². The Labute approximate surface area is 128 Å². The summed E-state index contributed by atoms with van der Waals surface area (Å²) >= 11 is 0. The van der Waals surface area contributed by atoms with Crippen LogP contribution in [0.4, 0.5) is 10.1 Å². The summed E-state index contributed by atoms with van der Waals surface area (Å²) in [4.78, 5) is 4.56. The highest BCUT2D eigenvalue weighted by Gasteiger charge is 2.24. The summed E-state index contributed by atoms with van der Waals surface area (Å²) in [6.07, 6.45) is 2.20. The minimum atomic E-state index is -0.0924. The third-order valence-corrected chi connectivity index (χ3v) is 4.36. The van der Waals surface area contributed by atoms with Crippen LogP contribution in [0, 0.1) is 5.82 Å². The van der Waals surface area contributed by atoms with Crippen molar-refractivity contribution in [2.24, 2.45) is 0 Å². The van der Waals surface area contributed by atoms with Crippen LogP contribution in [0.3, 0.4) is 0 Å². The first-order valence-electron chi connectivity index (χ1n) is 8.10. The van der Waals surface area contributed by atoms with Crippen LogP contribution < -0.4 is 10.2 Å². The zero-order valence-electron chi connectivity index (χ0n) is 13.5. The molecule has 0 radical (unpaired) electrons. The molecule has 4 heteroatoms. The molecule has 0 saturated carbocycles. The number of nitrogens with one attached hydrogen (secondary N) is 1. The maximum absolute atomic E-state index is 14.4. The summed E-state index contributed by atoms with van der Waals surface area (Å²) in [6, 6.07) is 6.18. The maximum Gasteiger partial charge on any atom is 0.146 e. The average Bonchev–Trinajstić information content (AvgIpc) is 2.48. The van der Waals surface area contributed by atoms with E-state index >= 15 is 0 Å². The van der Waals surface area contributed by atoms with Crippen LogP contribution in [0.15, 0.2) is 18.2 Å². The lowest BCUT2D eigenvalue weighted by molar-refractivity contribution is 0.213. The number of nitrogens with zero attached hydrogens (tertiary/aromatic N) is 2. The molecule has 1 atom stereocenters. The van der Waals surface area contributed by atoms with Gasteiger partial charge in [-0.25, -0.2) is 4.39 Å². The van der Waals surface area contributed by atoms with Gasteiger partial charge in [-0.1, -0.05) is 19.9 Å². The molecule has 1 saturated heterocycles. The summed E-state index contributed by atoms with van der Waals surface area (Å²) in [6.45, 7) is 8.86. The Kier molecular flexibility index (Phi) is 6.00. The van der Waals surface area contributed by atoms with Gasteiger partial charge < -0.3 is 10.2 Å². The van der Waals surface area contributed by atoms with E-state index in [1.54, 1.807) is 6.07 Å². The van der Waals surface area contributed by atoms with Crippen LogP contribution in [-0.2, 0) is 6.54 Å². The van der Waals surface area contributed by atoms with Crippen LogP contribution in [0.25, 0.3) is 0 Å². The summed E-state index contributed by atoms with van der Waals surface area (Å²) in [5.74, 6) is -0.0924. The van der Waals surface area contributed by atoms with Crippen molar-refractivity contribution < 1.29 is 4.39 Å². The van der Waals surface area contributed by atoms with E-state index in [9.17, 15) is 4.39 Å². The van der Waals surface area contributed by atoms with E-state index in [1.165, 1.54) is 0 Å². The van der Waals surface area contributed by atoms with Gasteiger partial charge >= 0.3 is 0 Å². The molecule has 1 unspecified atom stereocenters. The largest absolute Gasteiger partial charge is 0.366 e. The van der Waals surface area contributed by atoms with E-state index in [2.05, 4.69) is 36.0 Å². The molecular formula is C17H28FN3. The molecule has 0 amide bonds. The van der Waals surface area contributed by atoms with Gasteiger partial charge in [-0.2, -0.15) is 0 Å². The van der Waals surface area contributed by atoms with Crippen LogP contribution >= 0.6 is 0 Å². The molecular weight excluding hydrogens is 265 g/mol. The SMILES string of the molecule is CCCNCc1ccc(N2CCN(C)C(CC)C2)c(F)c1. The van der Waals surface area contributed by atoms with Crippen molar-refractivity contribution >= 4 is 5.69 Å². The van der Waals surface area contributed by atoms with Crippen LogP contribution in [0.2, 0.25) is 0 Å². The first kappa shape index (κ1) is 16.2.